The van der Waals surface area contributed by atoms with Gasteiger partial charge in [-0.25, -0.2) is 0 Å². The maximum absolute atomic E-state index is 15.0. The molecule has 7 rings (SSSR count). The average molecular weight is 778 g/mol. The first kappa shape index (κ1) is 42.5. The molecule has 57 heavy (non-hydrogen) atoms. The summed E-state index contributed by atoms with van der Waals surface area (Å²) in [5.74, 6) is 1.92. The molecule has 7 N–H and O–H groups in total. The van der Waals surface area contributed by atoms with Gasteiger partial charge in [0.05, 0.1) is 18.6 Å². The zero-order valence-corrected chi connectivity index (χ0v) is 34.0. The summed E-state index contributed by atoms with van der Waals surface area (Å²) in [6.07, 6.45) is 10.4. The van der Waals surface area contributed by atoms with E-state index in [0.29, 0.717) is 82.8 Å². The number of nitrogens with one attached hydrogen (secondary N) is 1. The topological polar surface area (TPSA) is 151 Å². The van der Waals surface area contributed by atoms with Gasteiger partial charge in [-0.2, -0.15) is 0 Å². The first-order valence-corrected chi connectivity index (χ1v) is 21.6. The quantitative estimate of drug-likeness (QED) is 0.0980. The van der Waals surface area contributed by atoms with Gasteiger partial charge in [-0.3, -0.25) is 19.3 Å². The molecule has 0 heterocycles. The summed E-state index contributed by atoms with van der Waals surface area (Å²) in [5, 5.41) is 3.40. The van der Waals surface area contributed by atoms with Crippen LogP contribution in [-0.4, -0.2) is 90.3 Å². The fourth-order valence-corrected chi connectivity index (χ4v) is 10.6. The van der Waals surface area contributed by atoms with Crippen molar-refractivity contribution in [1.29, 1.82) is 0 Å². The van der Waals surface area contributed by atoms with Crippen molar-refractivity contribution in [2.45, 2.75) is 95.8 Å². The van der Waals surface area contributed by atoms with Crippen molar-refractivity contribution < 1.29 is 14.4 Å². The van der Waals surface area contributed by atoms with Gasteiger partial charge in [0, 0.05) is 52.2 Å². The Morgan fingerprint density at radius 1 is 0.649 bits per heavy atom. The molecule has 4 aliphatic rings. The van der Waals surface area contributed by atoms with E-state index in [-0.39, 0.29) is 36.2 Å². The Morgan fingerprint density at radius 2 is 1.16 bits per heavy atom. The maximum atomic E-state index is 15.0. The first-order chi connectivity index (χ1) is 27.8. The third-order valence-corrected chi connectivity index (χ3v) is 12.8. The third-order valence-electron chi connectivity index (χ3n) is 12.8. The lowest BCUT2D eigenvalue weighted by Crippen LogP contribution is -2.56. The fraction of sp³-hybridized carbons (Fsp3) is 0.553. The van der Waals surface area contributed by atoms with E-state index in [1.165, 1.54) is 19.3 Å². The molecule has 308 valence electrons. The molecule has 2 atom stereocenters. The van der Waals surface area contributed by atoms with Crippen molar-refractivity contribution in [3.63, 3.8) is 0 Å². The molecule has 4 saturated carbocycles. The van der Waals surface area contributed by atoms with E-state index >= 15 is 0 Å². The smallest absolute Gasteiger partial charge is 0.242 e. The number of benzene rings is 3. The second-order valence-corrected chi connectivity index (χ2v) is 17.4. The van der Waals surface area contributed by atoms with Gasteiger partial charge in [0.25, 0.3) is 0 Å². The molecule has 4 aliphatic carbocycles. The molecule has 4 fully saturated rings. The fourth-order valence-electron chi connectivity index (χ4n) is 10.6. The summed E-state index contributed by atoms with van der Waals surface area (Å²) in [6.45, 7) is 3.49. The van der Waals surface area contributed by atoms with Crippen LogP contribution in [0.3, 0.4) is 0 Å². The summed E-state index contributed by atoms with van der Waals surface area (Å²) < 4.78 is 0. The van der Waals surface area contributed by atoms with Crippen LogP contribution in [0.5, 0.6) is 0 Å². The summed E-state index contributed by atoms with van der Waals surface area (Å²) in [5.41, 5.74) is 21.0. The van der Waals surface area contributed by atoms with Crippen LogP contribution in [-0.2, 0) is 33.9 Å². The van der Waals surface area contributed by atoms with E-state index in [0.717, 1.165) is 48.8 Å². The Kier molecular flexibility index (Phi) is 15.7. The Hall–Kier alpha value is -4.09. The molecular formula is C47H67N7O3. The lowest BCUT2D eigenvalue weighted by Gasteiger charge is -2.57. The molecule has 3 aromatic carbocycles. The van der Waals surface area contributed by atoms with E-state index in [9.17, 15) is 14.4 Å². The predicted octanol–water partition coefficient (Wildman–Crippen LogP) is 5.10. The number of carbonyl (C=O) groups is 3. The second kappa shape index (κ2) is 21.1. The normalized spacial score (nSPS) is 21.9. The van der Waals surface area contributed by atoms with Gasteiger partial charge in [-0.1, -0.05) is 97.4 Å². The predicted molar refractivity (Wildman–Crippen MR) is 227 cm³/mol. The highest BCUT2D eigenvalue weighted by Crippen LogP contribution is 2.61. The van der Waals surface area contributed by atoms with Crippen LogP contribution in [0.25, 0.3) is 0 Å². The van der Waals surface area contributed by atoms with Crippen LogP contribution < -0.4 is 22.5 Å². The highest BCUT2D eigenvalue weighted by Gasteiger charge is 2.52. The van der Waals surface area contributed by atoms with Crippen LogP contribution in [0.4, 0.5) is 0 Å². The number of nitrogens with zero attached hydrogens (tertiary/aromatic N) is 3. The summed E-state index contributed by atoms with van der Waals surface area (Å²) in [7, 11) is 0. The standard InChI is InChI=1S/C47H67N7O3/c48-19-11-10-18-43(52(22-20-49)23-21-50)46(57)51-42(27-36-12-4-1-5-13-36)34-54(44(55)31-47-28-39-24-40(29-47)26-41(25-39)30-47)35-45(56)53(32-37-14-6-2-7-15-37)33-38-16-8-3-9-17-38/h1-9,12-17,39-43H,10-11,18-35,48-50H2,(H,51,57)/t39?,40?,41?,42-,43-,47?/m0/s1. The maximum Gasteiger partial charge on any atom is 0.242 e. The number of amides is 3. The van der Waals surface area contributed by atoms with Gasteiger partial charge in [0.15, 0.2) is 0 Å². The number of hydrogen-bond acceptors (Lipinski definition) is 7. The summed E-state index contributed by atoms with van der Waals surface area (Å²) in [4.78, 5) is 49.9. The number of rotatable bonds is 23. The van der Waals surface area contributed by atoms with E-state index in [2.05, 4.69) is 22.3 Å². The van der Waals surface area contributed by atoms with Crippen molar-refractivity contribution >= 4 is 17.7 Å². The van der Waals surface area contributed by atoms with Gasteiger partial charge in [-0.15, -0.1) is 0 Å². The monoisotopic (exact) mass is 778 g/mol. The molecule has 10 heteroatoms. The first-order valence-electron chi connectivity index (χ1n) is 21.6. The highest BCUT2D eigenvalue weighted by molar-refractivity contribution is 5.86. The number of unbranched alkanes of at least 4 members (excludes halogenated alkanes) is 1. The van der Waals surface area contributed by atoms with Gasteiger partial charge >= 0.3 is 0 Å². The Morgan fingerprint density at radius 3 is 1.65 bits per heavy atom. The van der Waals surface area contributed by atoms with Crippen molar-refractivity contribution in [3.05, 3.63) is 108 Å². The molecule has 0 unspecified atom stereocenters. The molecule has 3 amide bonds. The number of nitrogens with two attached hydrogens (primary N) is 3. The van der Waals surface area contributed by atoms with Gasteiger partial charge in [0.2, 0.25) is 17.7 Å². The molecule has 0 radical (unpaired) electrons. The number of carbonyl (C=O) groups excluding carboxylic acids is 3. The molecule has 0 aliphatic heterocycles. The van der Waals surface area contributed by atoms with Crippen molar-refractivity contribution in [2.24, 2.45) is 40.4 Å². The minimum absolute atomic E-state index is 0.00188. The molecular weight excluding hydrogens is 711 g/mol. The van der Waals surface area contributed by atoms with E-state index in [1.54, 1.807) is 4.90 Å². The van der Waals surface area contributed by atoms with Crippen LogP contribution >= 0.6 is 0 Å². The van der Waals surface area contributed by atoms with Gasteiger partial charge in [0.1, 0.15) is 0 Å². The molecule has 3 aromatic rings. The second-order valence-electron chi connectivity index (χ2n) is 17.4. The van der Waals surface area contributed by atoms with Crippen LogP contribution in [0.1, 0.15) is 80.9 Å². The SMILES string of the molecule is NCCCC[C@@H](C(=O)N[C@@H](Cc1ccccc1)CN(CC(=O)N(Cc1ccccc1)Cc1ccccc1)C(=O)CC12CC3CC(CC(C3)C1)C2)N(CCN)CCN. The largest absolute Gasteiger partial charge is 0.350 e. The van der Waals surface area contributed by atoms with Crippen LogP contribution in [0, 0.1) is 23.2 Å². The molecule has 0 aromatic heterocycles. The average Bonchev–Trinajstić information content (AvgIpc) is 3.19. The van der Waals surface area contributed by atoms with Crippen LogP contribution in [0.2, 0.25) is 0 Å². The Bertz CT molecular complexity index is 1610. The minimum Gasteiger partial charge on any atom is -0.350 e. The molecule has 4 bridgehead atoms. The lowest BCUT2D eigenvalue weighted by molar-refractivity contribution is -0.146. The van der Waals surface area contributed by atoms with Crippen molar-refractivity contribution in [2.75, 3.05) is 45.8 Å². The van der Waals surface area contributed by atoms with Crippen LogP contribution in [0.15, 0.2) is 91.0 Å². The molecule has 10 nitrogen and oxygen atoms in total. The summed E-state index contributed by atoms with van der Waals surface area (Å²) >= 11 is 0. The van der Waals surface area contributed by atoms with Crippen molar-refractivity contribution in [1.82, 2.24) is 20.0 Å². The zero-order chi connectivity index (χ0) is 40.0. The zero-order valence-electron chi connectivity index (χ0n) is 34.0. The Balaban J connectivity index is 1.29. The third kappa shape index (κ3) is 12.2. The molecule has 0 spiro atoms. The van der Waals surface area contributed by atoms with E-state index < -0.39 is 12.1 Å². The van der Waals surface area contributed by atoms with Crippen molar-refractivity contribution in [3.8, 4) is 0 Å². The molecule has 0 saturated heterocycles. The van der Waals surface area contributed by atoms with E-state index in [4.69, 9.17) is 17.2 Å². The minimum atomic E-state index is -0.438. The van der Waals surface area contributed by atoms with Gasteiger partial charge in [-0.05, 0) is 104 Å². The van der Waals surface area contributed by atoms with Gasteiger partial charge < -0.3 is 32.3 Å². The Labute approximate surface area is 340 Å². The van der Waals surface area contributed by atoms with E-state index in [1.807, 2.05) is 83.8 Å². The lowest BCUT2D eigenvalue weighted by atomic mass is 9.49. The highest BCUT2D eigenvalue weighted by atomic mass is 16.2. The summed E-state index contributed by atoms with van der Waals surface area (Å²) in [6, 6.07) is 29.3. The number of hydrogen-bond donors (Lipinski definition) is 4.